The van der Waals surface area contributed by atoms with E-state index in [0.717, 1.165) is 5.56 Å². The van der Waals surface area contributed by atoms with Crippen LogP contribution >= 0.6 is 11.8 Å². The molecule has 0 atom stereocenters. The molecule has 0 heterocycles. The molecular weight excluding hydrogens is 340 g/mol. The molecule has 0 unspecified atom stereocenters. The first kappa shape index (κ1) is 19.0. The summed E-state index contributed by atoms with van der Waals surface area (Å²) in [5, 5.41) is 8.80. The second kappa shape index (κ2) is 7.11. The van der Waals surface area contributed by atoms with Crippen LogP contribution in [0.15, 0.2) is 52.3 Å². The Hall–Kier alpha value is -1.74. The molecule has 0 spiro atoms. The molecule has 0 aliphatic heterocycles. The minimum absolute atomic E-state index is 0.183. The third-order valence-corrected chi connectivity index (χ3v) is 6.61. The summed E-state index contributed by atoms with van der Waals surface area (Å²) in [4.78, 5) is 13.2. The van der Waals surface area contributed by atoms with Crippen molar-refractivity contribution in [2.45, 2.75) is 74.0 Å². The van der Waals surface area contributed by atoms with E-state index < -0.39 is 5.97 Å². The number of aryl methyl sites for hydroxylation is 1. The number of fused-ring (bicyclic) bond motifs is 1. The number of carboxylic acids is 1. The Bertz CT molecular complexity index is 803. The molecular formula is C23H28O2S. The maximum absolute atomic E-state index is 10.7. The molecule has 2 nitrogen and oxygen atoms in total. The van der Waals surface area contributed by atoms with Gasteiger partial charge in [0.05, 0.1) is 0 Å². The van der Waals surface area contributed by atoms with Crippen molar-refractivity contribution in [3.63, 3.8) is 0 Å². The summed E-state index contributed by atoms with van der Waals surface area (Å²) in [5.41, 5.74) is 4.52. The molecule has 0 amide bonds. The second-order valence-electron chi connectivity index (χ2n) is 8.61. The first-order valence-corrected chi connectivity index (χ1v) is 10.1. The Kier molecular flexibility index (Phi) is 5.21. The van der Waals surface area contributed by atoms with Gasteiger partial charge in [-0.1, -0.05) is 57.7 Å². The lowest BCUT2D eigenvalue weighted by molar-refractivity contribution is -0.136. The predicted octanol–water partition coefficient (Wildman–Crippen LogP) is 6.20. The molecule has 2 aromatic rings. The van der Waals surface area contributed by atoms with E-state index in [9.17, 15) is 4.79 Å². The maximum Gasteiger partial charge on any atom is 0.303 e. The van der Waals surface area contributed by atoms with E-state index in [4.69, 9.17) is 5.11 Å². The number of hydrogen-bond acceptors (Lipinski definition) is 2. The molecule has 2 aromatic carbocycles. The molecule has 0 aromatic heterocycles. The van der Waals surface area contributed by atoms with Gasteiger partial charge in [0.2, 0.25) is 0 Å². The van der Waals surface area contributed by atoms with Crippen molar-refractivity contribution < 1.29 is 9.90 Å². The highest BCUT2D eigenvalue weighted by Crippen LogP contribution is 2.47. The highest BCUT2D eigenvalue weighted by atomic mass is 32.2. The number of rotatable bonds is 5. The lowest BCUT2D eigenvalue weighted by Crippen LogP contribution is -2.33. The molecule has 0 fully saturated rings. The van der Waals surface area contributed by atoms with Crippen LogP contribution in [0, 0.1) is 0 Å². The average molecular weight is 369 g/mol. The largest absolute Gasteiger partial charge is 0.481 e. The fourth-order valence-corrected chi connectivity index (χ4v) is 4.60. The van der Waals surface area contributed by atoms with Crippen molar-refractivity contribution in [3.05, 3.63) is 59.2 Å². The van der Waals surface area contributed by atoms with E-state index in [0.29, 0.717) is 6.42 Å². The minimum Gasteiger partial charge on any atom is -0.481 e. The van der Waals surface area contributed by atoms with Gasteiger partial charge in [0.25, 0.3) is 0 Å². The zero-order valence-electron chi connectivity index (χ0n) is 16.1. The fraction of sp³-hybridized carbons (Fsp3) is 0.435. The molecule has 3 rings (SSSR count). The SMILES string of the molecule is CC1(C)CCC(C)(C)c2cc(Sc3ccc(CCC(=O)O)cc3)ccc21. The fourth-order valence-electron chi connectivity index (χ4n) is 3.74. The number of carbonyl (C=O) groups is 1. The monoisotopic (exact) mass is 368 g/mol. The summed E-state index contributed by atoms with van der Waals surface area (Å²) in [6.45, 7) is 9.41. The van der Waals surface area contributed by atoms with Gasteiger partial charge in [0.1, 0.15) is 0 Å². The maximum atomic E-state index is 10.7. The van der Waals surface area contributed by atoms with E-state index in [-0.39, 0.29) is 17.3 Å². The molecule has 0 saturated heterocycles. The summed E-state index contributed by atoms with van der Waals surface area (Å²) in [7, 11) is 0. The zero-order valence-corrected chi connectivity index (χ0v) is 17.0. The summed E-state index contributed by atoms with van der Waals surface area (Å²) in [5.74, 6) is -0.747. The van der Waals surface area contributed by atoms with Crippen LogP contribution in [0.2, 0.25) is 0 Å². The zero-order chi connectivity index (χ0) is 18.9. The standard InChI is InChI=1S/C23H28O2S/c1-22(2)13-14-23(3,4)20-15-18(10-11-19(20)22)26-17-8-5-16(6-9-17)7-12-21(24)25/h5-6,8-11,15H,7,12-14H2,1-4H3,(H,24,25). The van der Waals surface area contributed by atoms with Crippen molar-refractivity contribution >= 4 is 17.7 Å². The molecule has 1 aliphatic rings. The van der Waals surface area contributed by atoms with Gasteiger partial charge >= 0.3 is 5.97 Å². The molecule has 0 radical (unpaired) electrons. The van der Waals surface area contributed by atoms with Gasteiger partial charge in [-0.05, 0) is 71.0 Å². The number of aliphatic carboxylic acids is 1. The smallest absolute Gasteiger partial charge is 0.303 e. The van der Waals surface area contributed by atoms with E-state index >= 15 is 0 Å². The topological polar surface area (TPSA) is 37.3 Å². The average Bonchev–Trinajstić information content (AvgIpc) is 2.58. The van der Waals surface area contributed by atoms with Gasteiger partial charge < -0.3 is 5.11 Å². The third-order valence-electron chi connectivity index (χ3n) is 5.61. The Morgan fingerprint density at radius 2 is 1.50 bits per heavy atom. The van der Waals surface area contributed by atoms with Crippen LogP contribution in [0.4, 0.5) is 0 Å². The van der Waals surface area contributed by atoms with E-state index in [1.807, 2.05) is 12.1 Å². The van der Waals surface area contributed by atoms with Crippen molar-refractivity contribution in [2.75, 3.05) is 0 Å². The normalized spacial score (nSPS) is 17.5. The van der Waals surface area contributed by atoms with E-state index in [1.165, 1.54) is 33.8 Å². The van der Waals surface area contributed by atoms with Crippen molar-refractivity contribution in [1.29, 1.82) is 0 Å². The van der Waals surface area contributed by atoms with Gasteiger partial charge in [-0.2, -0.15) is 0 Å². The van der Waals surface area contributed by atoms with Crippen molar-refractivity contribution in [3.8, 4) is 0 Å². The quantitative estimate of drug-likeness (QED) is 0.682. The van der Waals surface area contributed by atoms with Crippen LogP contribution in [0.3, 0.4) is 0 Å². The summed E-state index contributed by atoms with van der Waals surface area (Å²) >= 11 is 1.78. The second-order valence-corrected chi connectivity index (χ2v) is 9.76. The van der Waals surface area contributed by atoms with Crippen LogP contribution in [-0.2, 0) is 22.0 Å². The molecule has 0 bridgehead atoms. The number of carboxylic acid groups (broad SMARTS) is 1. The van der Waals surface area contributed by atoms with Crippen LogP contribution in [0.25, 0.3) is 0 Å². The van der Waals surface area contributed by atoms with Crippen LogP contribution in [0.5, 0.6) is 0 Å². The van der Waals surface area contributed by atoms with Gasteiger partial charge in [-0.3, -0.25) is 4.79 Å². The summed E-state index contributed by atoms with van der Waals surface area (Å²) in [6, 6.07) is 15.2. The Balaban J connectivity index is 1.80. The van der Waals surface area contributed by atoms with Gasteiger partial charge in [-0.25, -0.2) is 0 Å². The van der Waals surface area contributed by atoms with Crippen molar-refractivity contribution in [1.82, 2.24) is 0 Å². The van der Waals surface area contributed by atoms with Crippen LogP contribution in [-0.4, -0.2) is 11.1 Å². The minimum atomic E-state index is -0.747. The Morgan fingerprint density at radius 3 is 2.12 bits per heavy atom. The Morgan fingerprint density at radius 1 is 0.923 bits per heavy atom. The summed E-state index contributed by atoms with van der Waals surface area (Å²) < 4.78 is 0. The van der Waals surface area contributed by atoms with Crippen LogP contribution < -0.4 is 0 Å². The molecule has 0 saturated carbocycles. The molecule has 1 N–H and O–H groups in total. The van der Waals surface area contributed by atoms with Gasteiger partial charge in [0.15, 0.2) is 0 Å². The molecule has 26 heavy (non-hydrogen) atoms. The number of benzene rings is 2. The molecule has 138 valence electrons. The third kappa shape index (κ3) is 4.15. The lowest BCUT2D eigenvalue weighted by Gasteiger charge is -2.42. The summed E-state index contributed by atoms with van der Waals surface area (Å²) in [6.07, 6.45) is 3.22. The van der Waals surface area contributed by atoms with Crippen LogP contribution in [0.1, 0.15) is 63.6 Å². The van der Waals surface area contributed by atoms with Gasteiger partial charge in [-0.15, -0.1) is 0 Å². The molecule has 3 heteroatoms. The van der Waals surface area contributed by atoms with Crippen molar-refractivity contribution in [2.24, 2.45) is 0 Å². The first-order chi connectivity index (χ1) is 12.2. The van der Waals surface area contributed by atoms with Gasteiger partial charge in [0, 0.05) is 16.2 Å². The lowest BCUT2D eigenvalue weighted by atomic mass is 9.63. The van der Waals surface area contributed by atoms with E-state index in [1.54, 1.807) is 11.8 Å². The highest BCUT2D eigenvalue weighted by Gasteiger charge is 2.36. The highest BCUT2D eigenvalue weighted by molar-refractivity contribution is 7.99. The predicted molar refractivity (Wildman–Crippen MR) is 108 cm³/mol. The Labute approximate surface area is 161 Å². The molecule has 1 aliphatic carbocycles. The van der Waals surface area contributed by atoms with E-state index in [2.05, 4.69) is 58.0 Å². The first-order valence-electron chi connectivity index (χ1n) is 9.31. The number of hydrogen-bond donors (Lipinski definition) is 1.